The van der Waals surface area contributed by atoms with Crippen LogP contribution in [-0.4, -0.2) is 19.3 Å². The van der Waals surface area contributed by atoms with E-state index < -0.39 is 0 Å². The van der Waals surface area contributed by atoms with Gasteiger partial charge < -0.3 is 10.3 Å². The SMILES string of the molecule is CCc1nsc(NCc2c(F)ccc3[nH]cnc23)n1. The Kier molecular flexibility index (Phi) is 3.12. The normalized spacial score (nSPS) is 11.1. The van der Waals surface area contributed by atoms with Crippen LogP contribution in [-0.2, 0) is 13.0 Å². The minimum absolute atomic E-state index is 0.271. The van der Waals surface area contributed by atoms with E-state index in [-0.39, 0.29) is 5.82 Å². The monoisotopic (exact) mass is 277 g/mol. The molecule has 0 aliphatic carbocycles. The van der Waals surface area contributed by atoms with Crippen LogP contribution in [0.1, 0.15) is 18.3 Å². The zero-order valence-electron chi connectivity index (χ0n) is 10.3. The van der Waals surface area contributed by atoms with Crippen molar-refractivity contribution < 1.29 is 4.39 Å². The Bertz CT molecular complexity index is 705. The molecular formula is C12H12FN5S. The van der Waals surface area contributed by atoms with E-state index in [2.05, 4.69) is 24.6 Å². The van der Waals surface area contributed by atoms with Crippen LogP contribution in [0.25, 0.3) is 11.0 Å². The van der Waals surface area contributed by atoms with E-state index >= 15 is 0 Å². The molecule has 0 fully saturated rings. The number of hydrogen-bond acceptors (Lipinski definition) is 5. The Morgan fingerprint density at radius 2 is 2.32 bits per heavy atom. The molecule has 5 nitrogen and oxygen atoms in total. The Morgan fingerprint density at radius 1 is 1.42 bits per heavy atom. The molecule has 0 amide bonds. The van der Waals surface area contributed by atoms with E-state index in [1.165, 1.54) is 17.6 Å². The van der Waals surface area contributed by atoms with Gasteiger partial charge >= 0.3 is 0 Å². The molecule has 0 bridgehead atoms. The first kappa shape index (κ1) is 12.0. The molecule has 0 aliphatic rings. The third-order valence-electron chi connectivity index (χ3n) is 2.84. The number of imidazole rings is 1. The van der Waals surface area contributed by atoms with E-state index in [1.807, 2.05) is 6.92 Å². The molecule has 0 aliphatic heterocycles. The van der Waals surface area contributed by atoms with Crippen LogP contribution >= 0.6 is 11.5 Å². The predicted octanol–water partition coefficient (Wildman–Crippen LogP) is 2.73. The third-order valence-corrected chi connectivity index (χ3v) is 3.55. The largest absolute Gasteiger partial charge is 0.356 e. The van der Waals surface area contributed by atoms with Gasteiger partial charge in [-0.15, -0.1) is 0 Å². The van der Waals surface area contributed by atoms with Gasteiger partial charge in [-0.2, -0.15) is 4.37 Å². The number of halogens is 1. The van der Waals surface area contributed by atoms with Gasteiger partial charge in [-0.3, -0.25) is 0 Å². The van der Waals surface area contributed by atoms with E-state index in [0.29, 0.717) is 22.8 Å². The number of aryl methyl sites for hydroxylation is 1. The molecule has 2 N–H and O–H groups in total. The first-order chi connectivity index (χ1) is 9.28. The summed E-state index contributed by atoms with van der Waals surface area (Å²) in [6.07, 6.45) is 2.36. The number of aromatic nitrogens is 4. The molecule has 0 saturated carbocycles. The molecule has 0 spiro atoms. The number of aromatic amines is 1. The number of benzene rings is 1. The highest BCUT2D eigenvalue weighted by Gasteiger charge is 2.10. The quantitative estimate of drug-likeness (QED) is 0.769. The fourth-order valence-electron chi connectivity index (χ4n) is 1.84. The Labute approximate surface area is 113 Å². The Balaban J connectivity index is 1.84. The molecule has 2 aromatic heterocycles. The number of rotatable bonds is 4. The Morgan fingerprint density at radius 3 is 3.11 bits per heavy atom. The van der Waals surface area contributed by atoms with Crippen LogP contribution in [0.3, 0.4) is 0 Å². The van der Waals surface area contributed by atoms with Crippen LogP contribution in [0.2, 0.25) is 0 Å². The van der Waals surface area contributed by atoms with Gasteiger partial charge in [-0.05, 0) is 12.1 Å². The van der Waals surface area contributed by atoms with Crippen LogP contribution in [0, 0.1) is 5.82 Å². The summed E-state index contributed by atoms with van der Waals surface area (Å²) >= 11 is 1.28. The second-order valence-electron chi connectivity index (χ2n) is 4.05. The molecule has 0 saturated heterocycles. The molecule has 7 heteroatoms. The number of nitrogens with zero attached hydrogens (tertiary/aromatic N) is 3. The maximum absolute atomic E-state index is 13.8. The van der Waals surface area contributed by atoms with Crippen molar-refractivity contribution >= 4 is 27.7 Å². The average Bonchev–Trinajstić information content (AvgIpc) is 3.05. The van der Waals surface area contributed by atoms with Crippen molar-refractivity contribution in [1.82, 2.24) is 19.3 Å². The first-order valence-electron chi connectivity index (χ1n) is 5.95. The van der Waals surface area contributed by atoms with Gasteiger partial charge in [0.25, 0.3) is 0 Å². The zero-order valence-corrected chi connectivity index (χ0v) is 11.1. The molecule has 3 aromatic rings. The molecule has 0 atom stereocenters. The lowest BCUT2D eigenvalue weighted by Crippen LogP contribution is -2.02. The van der Waals surface area contributed by atoms with E-state index in [0.717, 1.165) is 17.8 Å². The molecule has 0 unspecified atom stereocenters. The van der Waals surface area contributed by atoms with Gasteiger partial charge in [0.1, 0.15) is 11.6 Å². The second-order valence-corrected chi connectivity index (χ2v) is 4.80. The highest BCUT2D eigenvalue weighted by Crippen LogP contribution is 2.20. The van der Waals surface area contributed by atoms with Crippen LogP contribution in [0.4, 0.5) is 9.52 Å². The van der Waals surface area contributed by atoms with Crippen molar-refractivity contribution in [3.63, 3.8) is 0 Å². The summed E-state index contributed by atoms with van der Waals surface area (Å²) in [6, 6.07) is 3.12. The summed E-state index contributed by atoms with van der Waals surface area (Å²) in [5.41, 5.74) is 2.00. The molecule has 1 aromatic carbocycles. The van der Waals surface area contributed by atoms with E-state index in [1.54, 1.807) is 12.4 Å². The molecule has 19 heavy (non-hydrogen) atoms. The average molecular weight is 277 g/mol. The lowest BCUT2D eigenvalue weighted by atomic mass is 10.1. The van der Waals surface area contributed by atoms with Crippen LogP contribution in [0.5, 0.6) is 0 Å². The number of H-pyrrole nitrogens is 1. The van der Waals surface area contributed by atoms with Gasteiger partial charge in [-0.1, -0.05) is 6.92 Å². The van der Waals surface area contributed by atoms with Crippen molar-refractivity contribution in [3.8, 4) is 0 Å². The van der Waals surface area contributed by atoms with Gasteiger partial charge in [0.2, 0.25) is 5.13 Å². The van der Waals surface area contributed by atoms with Gasteiger partial charge in [0, 0.05) is 30.1 Å². The van der Waals surface area contributed by atoms with Gasteiger partial charge in [0.15, 0.2) is 0 Å². The molecule has 0 radical (unpaired) electrons. The fraction of sp³-hybridized carbons (Fsp3) is 0.250. The Hall–Kier alpha value is -2.02. The van der Waals surface area contributed by atoms with Crippen LogP contribution in [0.15, 0.2) is 18.5 Å². The summed E-state index contributed by atoms with van der Waals surface area (Å²) < 4.78 is 18.0. The smallest absolute Gasteiger partial charge is 0.202 e. The highest BCUT2D eigenvalue weighted by atomic mass is 32.1. The van der Waals surface area contributed by atoms with Crippen molar-refractivity contribution in [2.45, 2.75) is 19.9 Å². The molecule has 3 rings (SSSR count). The number of fused-ring (bicyclic) bond motifs is 1. The lowest BCUT2D eigenvalue weighted by Gasteiger charge is -2.05. The maximum atomic E-state index is 13.8. The number of nitrogens with one attached hydrogen (secondary N) is 2. The van der Waals surface area contributed by atoms with Crippen LogP contribution < -0.4 is 5.32 Å². The highest BCUT2D eigenvalue weighted by molar-refractivity contribution is 7.09. The van der Waals surface area contributed by atoms with E-state index in [4.69, 9.17) is 0 Å². The minimum atomic E-state index is -0.271. The van der Waals surface area contributed by atoms with Crippen molar-refractivity contribution in [3.05, 3.63) is 35.7 Å². The predicted molar refractivity (Wildman–Crippen MR) is 72.7 cm³/mol. The minimum Gasteiger partial charge on any atom is -0.356 e. The van der Waals surface area contributed by atoms with Crippen molar-refractivity contribution in [1.29, 1.82) is 0 Å². The third kappa shape index (κ3) is 2.28. The summed E-state index contributed by atoms with van der Waals surface area (Å²) in [4.78, 5) is 11.4. The van der Waals surface area contributed by atoms with Gasteiger partial charge in [0.05, 0.1) is 17.4 Å². The molecule has 2 heterocycles. The van der Waals surface area contributed by atoms with Crippen molar-refractivity contribution in [2.24, 2.45) is 0 Å². The number of hydrogen-bond donors (Lipinski definition) is 2. The zero-order chi connectivity index (χ0) is 13.2. The summed E-state index contributed by atoms with van der Waals surface area (Å²) in [6.45, 7) is 2.34. The molecule has 98 valence electrons. The fourth-order valence-corrected chi connectivity index (χ4v) is 2.49. The number of anilines is 1. The van der Waals surface area contributed by atoms with E-state index in [9.17, 15) is 4.39 Å². The first-order valence-corrected chi connectivity index (χ1v) is 6.72. The summed E-state index contributed by atoms with van der Waals surface area (Å²) in [5.74, 6) is 0.526. The summed E-state index contributed by atoms with van der Waals surface area (Å²) in [7, 11) is 0. The van der Waals surface area contributed by atoms with Crippen molar-refractivity contribution in [2.75, 3.05) is 5.32 Å². The van der Waals surface area contributed by atoms with Gasteiger partial charge in [-0.25, -0.2) is 14.4 Å². The second kappa shape index (κ2) is 4.93. The lowest BCUT2D eigenvalue weighted by molar-refractivity contribution is 0.615. The topological polar surface area (TPSA) is 66.5 Å². The molecular weight excluding hydrogens is 265 g/mol. The standard InChI is InChI=1S/C12H12FN5S/c1-2-10-17-12(19-18-10)14-5-7-8(13)3-4-9-11(7)16-6-15-9/h3-4,6H,2,5H2,1H3,(H,15,16)(H,14,17,18). The summed E-state index contributed by atoms with van der Waals surface area (Å²) in [5, 5.41) is 3.79. The maximum Gasteiger partial charge on any atom is 0.202 e.